The molecule has 0 aliphatic carbocycles. The van der Waals surface area contributed by atoms with E-state index in [1.54, 1.807) is 12.1 Å². The molecule has 2 atom stereocenters. The lowest BCUT2D eigenvalue weighted by atomic mass is 9.97. The van der Waals surface area contributed by atoms with E-state index in [-0.39, 0.29) is 11.8 Å². The van der Waals surface area contributed by atoms with E-state index >= 15 is 0 Å². The molecule has 1 aliphatic heterocycles. The fourth-order valence-corrected chi connectivity index (χ4v) is 2.70. The first-order chi connectivity index (χ1) is 10.8. The van der Waals surface area contributed by atoms with Gasteiger partial charge in [0.25, 0.3) is 0 Å². The normalized spacial score (nSPS) is 23.3. The topological polar surface area (TPSA) is 83.2 Å². The van der Waals surface area contributed by atoms with Crippen molar-refractivity contribution in [2.45, 2.75) is 38.7 Å². The van der Waals surface area contributed by atoms with Crippen LogP contribution in [0, 0.1) is 6.92 Å². The Kier molecular flexibility index (Phi) is 5.19. The summed E-state index contributed by atoms with van der Waals surface area (Å²) in [6, 6.07) is 1.21. The third kappa shape index (κ3) is 3.60. The van der Waals surface area contributed by atoms with Crippen LogP contribution < -0.4 is 15.2 Å². The molecule has 0 unspecified atom stereocenters. The van der Waals surface area contributed by atoms with E-state index in [1.807, 2.05) is 20.8 Å². The van der Waals surface area contributed by atoms with Gasteiger partial charge in [-0.15, -0.1) is 0 Å². The van der Waals surface area contributed by atoms with Crippen molar-refractivity contribution in [3.05, 3.63) is 29.8 Å². The predicted molar refractivity (Wildman–Crippen MR) is 86.9 cm³/mol. The minimum absolute atomic E-state index is 0.0195. The summed E-state index contributed by atoms with van der Waals surface area (Å²) in [6.07, 6.45) is 1.19. The maximum Gasteiger partial charge on any atom is 0.167 e. The highest BCUT2D eigenvalue weighted by Crippen LogP contribution is 2.45. The fraction of sp³-hybridized carbons (Fsp3) is 0.529. The number of ether oxygens (including phenoxy) is 4. The quantitative estimate of drug-likeness (QED) is 0.810. The number of phenolic OH excluding ortho intramolecular Hbond substituents is 1. The molecule has 0 radical (unpaired) electrons. The van der Waals surface area contributed by atoms with Gasteiger partial charge in [-0.25, -0.2) is 0 Å². The highest BCUT2D eigenvalue weighted by atomic mass is 16.7. The molecule has 2 rings (SSSR count). The smallest absolute Gasteiger partial charge is 0.167 e. The lowest BCUT2D eigenvalue weighted by Crippen LogP contribution is -2.48. The van der Waals surface area contributed by atoms with Crippen molar-refractivity contribution in [3.8, 4) is 17.2 Å². The SMILES string of the molecule is C=CCOc1c([C@H]2OC(C)(C)OC[C@H]2N)cc(O)c(OC)c1C. The molecule has 1 aromatic carbocycles. The maximum atomic E-state index is 10.2. The molecule has 1 heterocycles. The third-order valence-corrected chi connectivity index (χ3v) is 3.75. The maximum absolute atomic E-state index is 10.2. The minimum atomic E-state index is -0.764. The zero-order valence-corrected chi connectivity index (χ0v) is 14.1. The van der Waals surface area contributed by atoms with Crippen LogP contribution in [-0.4, -0.2) is 37.3 Å². The lowest BCUT2D eigenvalue weighted by Gasteiger charge is -2.40. The van der Waals surface area contributed by atoms with E-state index in [9.17, 15) is 5.11 Å². The first-order valence-electron chi connectivity index (χ1n) is 7.52. The second kappa shape index (κ2) is 6.78. The van der Waals surface area contributed by atoms with Crippen LogP contribution in [0.4, 0.5) is 0 Å². The van der Waals surface area contributed by atoms with E-state index in [0.29, 0.717) is 35.8 Å². The number of phenols is 1. The molecule has 1 fully saturated rings. The molecule has 0 amide bonds. The molecule has 3 N–H and O–H groups in total. The van der Waals surface area contributed by atoms with Gasteiger partial charge in [-0.1, -0.05) is 12.7 Å². The van der Waals surface area contributed by atoms with E-state index in [4.69, 9.17) is 24.7 Å². The zero-order valence-electron chi connectivity index (χ0n) is 14.1. The number of aromatic hydroxyl groups is 1. The fourth-order valence-electron chi connectivity index (χ4n) is 2.70. The van der Waals surface area contributed by atoms with Gasteiger partial charge in [-0.05, 0) is 26.8 Å². The Labute approximate surface area is 136 Å². The second-order valence-electron chi connectivity index (χ2n) is 5.99. The van der Waals surface area contributed by atoms with Gasteiger partial charge in [-0.3, -0.25) is 0 Å². The van der Waals surface area contributed by atoms with Crippen LogP contribution in [0.2, 0.25) is 0 Å². The number of methoxy groups -OCH3 is 1. The summed E-state index contributed by atoms with van der Waals surface area (Å²) in [5, 5.41) is 10.2. The van der Waals surface area contributed by atoms with E-state index in [1.165, 1.54) is 7.11 Å². The molecule has 23 heavy (non-hydrogen) atoms. The summed E-state index contributed by atoms with van der Waals surface area (Å²) in [4.78, 5) is 0. The molecule has 0 aromatic heterocycles. The van der Waals surface area contributed by atoms with Crippen LogP contribution in [0.1, 0.15) is 31.1 Å². The van der Waals surface area contributed by atoms with Gasteiger partial charge in [0.2, 0.25) is 0 Å². The number of hydrogen-bond donors (Lipinski definition) is 2. The Morgan fingerprint density at radius 1 is 1.48 bits per heavy atom. The Morgan fingerprint density at radius 2 is 2.17 bits per heavy atom. The van der Waals surface area contributed by atoms with Crippen LogP contribution in [0.15, 0.2) is 18.7 Å². The van der Waals surface area contributed by atoms with Crippen molar-refractivity contribution in [3.63, 3.8) is 0 Å². The van der Waals surface area contributed by atoms with Crippen LogP contribution >= 0.6 is 0 Å². The van der Waals surface area contributed by atoms with Crippen molar-refractivity contribution in [2.75, 3.05) is 20.3 Å². The Bertz CT molecular complexity index is 585. The average molecular weight is 323 g/mol. The third-order valence-electron chi connectivity index (χ3n) is 3.75. The van der Waals surface area contributed by atoms with E-state index < -0.39 is 11.9 Å². The van der Waals surface area contributed by atoms with Gasteiger partial charge >= 0.3 is 0 Å². The van der Waals surface area contributed by atoms with Crippen molar-refractivity contribution >= 4 is 0 Å². The van der Waals surface area contributed by atoms with Gasteiger partial charge in [0.15, 0.2) is 17.3 Å². The summed E-state index contributed by atoms with van der Waals surface area (Å²) >= 11 is 0. The summed E-state index contributed by atoms with van der Waals surface area (Å²) in [6.45, 7) is 9.81. The van der Waals surface area contributed by atoms with Gasteiger partial charge in [-0.2, -0.15) is 0 Å². The second-order valence-corrected chi connectivity index (χ2v) is 5.99. The Morgan fingerprint density at radius 3 is 2.78 bits per heavy atom. The Hall–Kier alpha value is -1.76. The molecule has 0 bridgehead atoms. The summed E-state index contributed by atoms with van der Waals surface area (Å²) in [7, 11) is 1.50. The summed E-state index contributed by atoms with van der Waals surface area (Å²) in [5.41, 5.74) is 7.52. The first-order valence-corrected chi connectivity index (χ1v) is 7.52. The summed E-state index contributed by atoms with van der Waals surface area (Å²) < 4.78 is 22.6. The molecule has 6 nitrogen and oxygen atoms in total. The van der Waals surface area contributed by atoms with Crippen LogP contribution in [0.5, 0.6) is 17.2 Å². The molecule has 1 aliphatic rings. The van der Waals surface area contributed by atoms with E-state index in [0.717, 1.165) is 0 Å². The van der Waals surface area contributed by atoms with Gasteiger partial charge in [0, 0.05) is 11.1 Å². The minimum Gasteiger partial charge on any atom is -0.504 e. The van der Waals surface area contributed by atoms with Crippen LogP contribution in [-0.2, 0) is 9.47 Å². The average Bonchev–Trinajstić information content (AvgIpc) is 2.49. The first kappa shape index (κ1) is 17.6. The molecular formula is C17H25NO5. The molecule has 1 saturated heterocycles. The Balaban J connectivity index is 2.52. The van der Waals surface area contributed by atoms with Crippen LogP contribution in [0.25, 0.3) is 0 Å². The molecule has 128 valence electrons. The molecule has 0 spiro atoms. The number of hydrogen-bond acceptors (Lipinski definition) is 6. The molecular weight excluding hydrogens is 298 g/mol. The molecule has 0 saturated carbocycles. The van der Waals surface area contributed by atoms with Gasteiger partial charge in [0.05, 0.1) is 19.8 Å². The number of rotatable bonds is 5. The van der Waals surface area contributed by atoms with E-state index in [2.05, 4.69) is 6.58 Å². The van der Waals surface area contributed by atoms with Crippen LogP contribution in [0.3, 0.4) is 0 Å². The predicted octanol–water partition coefficient (Wildman–Crippen LogP) is 2.43. The molecule has 1 aromatic rings. The van der Waals surface area contributed by atoms with Gasteiger partial charge in [0.1, 0.15) is 18.5 Å². The largest absolute Gasteiger partial charge is 0.504 e. The van der Waals surface area contributed by atoms with Crippen molar-refractivity contribution in [1.82, 2.24) is 0 Å². The number of benzene rings is 1. The van der Waals surface area contributed by atoms with Crippen molar-refractivity contribution in [1.29, 1.82) is 0 Å². The lowest BCUT2D eigenvalue weighted by molar-refractivity contribution is -0.281. The summed E-state index contributed by atoms with van der Waals surface area (Å²) in [5.74, 6) is 0.205. The van der Waals surface area contributed by atoms with Crippen molar-refractivity contribution < 1.29 is 24.1 Å². The monoisotopic (exact) mass is 323 g/mol. The highest BCUT2D eigenvalue weighted by molar-refractivity contribution is 5.58. The van der Waals surface area contributed by atoms with Crippen molar-refractivity contribution in [2.24, 2.45) is 5.73 Å². The number of nitrogens with two attached hydrogens (primary N) is 1. The standard InChI is InChI=1S/C17H25NO5/c1-6-7-21-14-10(2)15(20-5)13(19)8-11(14)16-12(18)9-22-17(3,4)23-16/h6,8,12,16,19H,1,7,9,18H2,2-5H3/t12-,16-/m1/s1. The zero-order chi connectivity index (χ0) is 17.2. The molecule has 6 heteroatoms. The van der Waals surface area contributed by atoms with Gasteiger partial charge < -0.3 is 29.8 Å². The highest BCUT2D eigenvalue weighted by Gasteiger charge is 2.38.